The summed E-state index contributed by atoms with van der Waals surface area (Å²) in [5, 5.41) is 4.33. The van der Waals surface area contributed by atoms with Crippen LogP contribution >= 0.6 is 11.6 Å². The Morgan fingerprint density at radius 1 is 1.05 bits per heavy atom. The van der Waals surface area contributed by atoms with Gasteiger partial charge in [-0.25, -0.2) is 0 Å². The van der Waals surface area contributed by atoms with Gasteiger partial charge in [-0.3, -0.25) is 0 Å². The lowest BCUT2D eigenvalue weighted by atomic mass is 9.96. The zero-order chi connectivity index (χ0) is 15.4. The molecule has 0 spiro atoms. The molecule has 0 aromatic heterocycles. The number of aryl methyl sites for hydroxylation is 2. The van der Waals surface area contributed by atoms with Crippen molar-refractivity contribution in [1.29, 1.82) is 0 Å². The molecule has 0 fully saturated rings. The first-order valence-corrected chi connectivity index (χ1v) is 7.58. The van der Waals surface area contributed by atoms with Crippen LogP contribution in [0.2, 0.25) is 5.02 Å². The molecule has 2 aromatic rings. The molecule has 2 nitrogen and oxygen atoms in total. The highest BCUT2D eigenvalue weighted by Gasteiger charge is 2.15. The van der Waals surface area contributed by atoms with Gasteiger partial charge in [-0.1, -0.05) is 42.8 Å². The minimum absolute atomic E-state index is 0.137. The van der Waals surface area contributed by atoms with Gasteiger partial charge < -0.3 is 10.1 Å². The van der Waals surface area contributed by atoms with Crippen molar-refractivity contribution in [2.24, 2.45) is 0 Å². The average molecular weight is 304 g/mol. The number of hydrogen-bond acceptors (Lipinski definition) is 2. The molecule has 2 rings (SSSR count). The molecule has 0 saturated carbocycles. The zero-order valence-electron chi connectivity index (χ0n) is 13.0. The Labute approximate surface area is 132 Å². The van der Waals surface area contributed by atoms with E-state index in [2.05, 4.69) is 43.4 Å². The maximum Gasteiger partial charge on any atom is 0.121 e. The Hall–Kier alpha value is -1.51. The number of halogens is 1. The lowest BCUT2D eigenvalue weighted by molar-refractivity contribution is 0.411. The Kier molecular flexibility index (Phi) is 5.27. The Morgan fingerprint density at radius 2 is 1.71 bits per heavy atom. The first-order chi connectivity index (χ1) is 10.1. The van der Waals surface area contributed by atoms with Crippen LogP contribution in [-0.2, 0) is 0 Å². The summed E-state index contributed by atoms with van der Waals surface area (Å²) in [4.78, 5) is 0. The van der Waals surface area contributed by atoms with E-state index < -0.39 is 0 Å². The molecule has 112 valence electrons. The van der Waals surface area contributed by atoms with Crippen molar-refractivity contribution in [3.8, 4) is 5.75 Å². The lowest BCUT2D eigenvalue weighted by Crippen LogP contribution is -2.22. The molecule has 0 aliphatic carbocycles. The van der Waals surface area contributed by atoms with Crippen LogP contribution in [0.4, 0.5) is 0 Å². The van der Waals surface area contributed by atoms with Crippen LogP contribution in [0.1, 0.15) is 35.2 Å². The van der Waals surface area contributed by atoms with Gasteiger partial charge in [0, 0.05) is 5.02 Å². The van der Waals surface area contributed by atoms with Crippen molar-refractivity contribution >= 4 is 11.6 Å². The third-order valence-corrected chi connectivity index (χ3v) is 4.10. The summed E-state index contributed by atoms with van der Waals surface area (Å²) in [5.41, 5.74) is 4.63. The highest BCUT2D eigenvalue weighted by molar-refractivity contribution is 6.31. The van der Waals surface area contributed by atoms with E-state index in [1.54, 1.807) is 7.11 Å². The van der Waals surface area contributed by atoms with Gasteiger partial charge in [-0.05, 0) is 54.8 Å². The molecule has 0 heterocycles. The van der Waals surface area contributed by atoms with E-state index in [-0.39, 0.29) is 6.04 Å². The topological polar surface area (TPSA) is 21.3 Å². The summed E-state index contributed by atoms with van der Waals surface area (Å²) in [6, 6.07) is 12.7. The Morgan fingerprint density at radius 3 is 2.29 bits per heavy atom. The van der Waals surface area contributed by atoms with Crippen molar-refractivity contribution in [1.82, 2.24) is 5.32 Å². The largest absolute Gasteiger partial charge is 0.496 e. The summed E-state index contributed by atoms with van der Waals surface area (Å²) in [6.07, 6.45) is 0. The fraction of sp³-hybridized carbons (Fsp3) is 0.333. The van der Waals surface area contributed by atoms with Crippen LogP contribution in [-0.4, -0.2) is 13.7 Å². The molecule has 1 unspecified atom stereocenters. The normalized spacial score (nSPS) is 12.2. The molecule has 2 aromatic carbocycles. The summed E-state index contributed by atoms with van der Waals surface area (Å²) in [6.45, 7) is 7.08. The number of benzene rings is 2. The maximum absolute atomic E-state index is 6.28. The van der Waals surface area contributed by atoms with Crippen LogP contribution in [0.3, 0.4) is 0 Å². The lowest BCUT2D eigenvalue weighted by Gasteiger charge is -2.21. The van der Waals surface area contributed by atoms with Gasteiger partial charge in [0.2, 0.25) is 0 Å². The Bertz CT molecular complexity index is 625. The number of ether oxygens (including phenoxy) is 1. The summed E-state index contributed by atoms with van der Waals surface area (Å²) >= 11 is 6.28. The molecule has 21 heavy (non-hydrogen) atoms. The van der Waals surface area contributed by atoms with Gasteiger partial charge in [0.1, 0.15) is 5.75 Å². The van der Waals surface area contributed by atoms with E-state index >= 15 is 0 Å². The van der Waals surface area contributed by atoms with E-state index in [4.69, 9.17) is 16.3 Å². The SMILES string of the molecule is CCNC(c1ccc(OC)c(C)c1)c1ccc(C)c(Cl)c1. The summed E-state index contributed by atoms with van der Waals surface area (Å²) in [5.74, 6) is 0.913. The molecule has 1 N–H and O–H groups in total. The second kappa shape index (κ2) is 6.97. The van der Waals surface area contributed by atoms with E-state index in [1.807, 2.05) is 19.1 Å². The predicted octanol–water partition coefficient (Wildman–Crippen LogP) is 4.66. The van der Waals surface area contributed by atoms with Gasteiger partial charge in [0.25, 0.3) is 0 Å². The third kappa shape index (κ3) is 3.58. The van der Waals surface area contributed by atoms with Crippen LogP contribution < -0.4 is 10.1 Å². The fourth-order valence-electron chi connectivity index (χ4n) is 2.50. The fourth-order valence-corrected chi connectivity index (χ4v) is 2.69. The van der Waals surface area contributed by atoms with Crippen LogP contribution in [0.5, 0.6) is 5.75 Å². The second-order valence-electron chi connectivity index (χ2n) is 5.23. The number of hydrogen-bond donors (Lipinski definition) is 1. The first kappa shape index (κ1) is 15.9. The molecule has 0 aliphatic rings. The highest BCUT2D eigenvalue weighted by atomic mass is 35.5. The molecule has 0 radical (unpaired) electrons. The number of rotatable bonds is 5. The number of methoxy groups -OCH3 is 1. The van der Waals surface area contributed by atoms with Gasteiger partial charge in [0.15, 0.2) is 0 Å². The monoisotopic (exact) mass is 303 g/mol. The van der Waals surface area contributed by atoms with Gasteiger partial charge in [-0.15, -0.1) is 0 Å². The van der Waals surface area contributed by atoms with Crippen molar-refractivity contribution < 1.29 is 4.74 Å². The molecule has 1 atom stereocenters. The van der Waals surface area contributed by atoms with Crippen LogP contribution in [0, 0.1) is 13.8 Å². The Balaban J connectivity index is 2.42. The molecule has 0 amide bonds. The maximum atomic E-state index is 6.28. The van der Waals surface area contributed by atoms with Crippen molar-refractivity contribution in [2.75, 3.05) is 13.7 Å². The first-order valence-electron chi connectivity index (χ1n) is 7.20. The van der Waals surface area contributed by atoms with Crippen LogP contribution in [0.15, 0.2) is 36.4 Å². The quantitative estimate of drug-likeness (QED) is 0.867. The standard InChI is InChI=1S/C18H22ClNO/c1-5-20-18(15-7-6-12(2)16(19)11-15)14-8-9-17(21-4)13(3)10-14/h6-11,18,20H,5H2,1-4H3. The smallest absolute Gasteiger partial charge is 0.121 e. The van der Waals surface area contributed by atoms with E-state index in [9.17, 15) is 0 Å². The molecular formula is C18H22ClNO. The average Bonchev–Trinajstić information content (AvgIpc) is 2.48. The summed E-state index contributed by atoms with van der Waals surface area (Å²) < 4.78 is 5.34. The highest BCUT2D eigenvalue weighted by Crippen LogP contribution is 2.29. The van der Waals surface area contributed by atoms with Crippen molar-refractivity contribution in [3.63, 3.8) is 0 Å². The molecule has 0 aliphatic heterocycles. The molecular weight excluding hydrogens is 282 g/mol. The van der Waals surface area contributed by atoms with E-state index in [1.165, 1.54) is 11.1 Å². The van der Waals surface area contributed by atoms with Crippen molar-refractivity contribution in [3.05, 3.63) is 63.7 Å². The second-order valence-corrected chi connectivity index (χ2v) is 5.64. The third-order valence-electron chi connectivity index (χ3n) is 3.69. The predicted molar refractivity (Wildman–Crippen MR) is 89.4 cm³/mol. The molecule has 0 bridgehead atoms. The molecule has 3 heteroatoms. The number of nitrogens with one attached hydrogen (secondary N) is 1. The van der Waals surface area contributed by atoms with Gasteiger partial charge in [-0.2, -0.15) is 0 Å². The molecule has 0 saturated heterocycles. The van der Waals surface area contributed by atoms with E-state index in [0.29, 0.717) is 0 Å². The van der Waals surface area contributed by atoms with E-state index in [0.717, 1.165) is 28.4 Å². The minimum atomic E-state index is 0.137. The summed E-state index contributed by atoms with van der Waals surface area (Å²) in [7, 11) is 1.70. The van der Waals surface area contributed by atoms with Gasteiger partial charge >= 0.3 is 0 Å². The van der Waals surface area contributed by atoms with Crippen LogP contribution in [0.25, 0.3) is 0 Å². The minimum Gasteiger partial charge on any atom is -0.496 e. The van der Waals surface area contributed by atoms with Crippen molar-refractivity contribution in [2.45, 2.75) is 26.8 Å². The zero-order valence-corrected chi connectivity index (χ0v) is 13.8. The van der Waals surface area contributed by atoms with Gasteiger partial charge in [0.05, 0.1) is 13.2 Å².